The highest BCUT2D eigenvalue weighted by molar-refractivity contribution is 6.34. The number of benzene rings is 1. The van der Waals surface area contributed by atoms with Crippen LogP contribution in [-0.4, -0.2) is 85.5 Å². The highest BCUT2D eigenvalue weighted by Crippen LogP contribution is 2.26. The molecule has 3 rings (SSSR count). The Labute approximate surface area is 203 Å². The normalized spacial score (nSPS) is 19.3. The first-order chi connectivity index (χ1) is 15.8. The summed E-state index contributed by atoms with van der Waals surface area (Å²) in [4.78, 5) is 32.1. The van der Waals surface area contributed by atoms with E-state index in [2.05, 4.69) is 41.3 Å². The summed E-state index contributed by atoms with van der Waals surface area (Å²) in [6, 6.07) is 5.42. The van der Waals surface area contributed by atoms with Crippen molar-refractivity contribution in [1.29, 1.82) is 0 Å². The molecule has 0 spiro atoms. The second-order valence-electron chi connectivity index (χ2n) is 9.89. The number of piperazine rings is 1. The SMILES string of the molecule is CC(C)C(CNC(=O)Nc1ccc(C(=O)N(C)C2CCCCC2)c(Cl)c1)N1CCN(C)CC1. The summed E-state index contributed by atoms with van der Waals surface area (Å²) in [5, 5.41) is 6.23. The first-order valence-corrected chi connectivity index (χ1v) is 12.7. The Morgan fingerprint density at radius 2 is 1.79 bits per heavy atom. The van der Waals surface area contributed by atoms with Crippen molar-refractivity contribution in [2.75, 3.05) is 52.1 Å². The molecule has 1 saturated heterocycles. The van der Waals surface area contributed by atoms with Crippen LogP contribution < -0.4 is 10.6 Å². The lowest BCUT2D eigenvalue weighted by molar-refractivity contribution is 0.0696. The first kappa shape index (κ1) is 25.8. The smallest absolute Gasteiger partial charge is 0.319 e. The molecule has 1 aromatic rings. The fourth-order valence-corrected chi connectivity index (χ4v) is 5.16. The summed E-state index contributed by atoms with van der Waals surface area (Å²) in [6.45, 7) is 9.12. The fourth-order valence-electron chi connectivity index (χ4n) is 4.90. The van der Waals surface area contributed by atoms with Gasteiger partial charge in [-0.1, -0.05) is 44.7 Å². The molecule has 0 bridgehead atoms. The summed E-state index contributed by atoms with van der Waals surface area (Å²) >= 11 is 6.44. The van der Waals surface area contributed by atoms with Crippen molar-refractivity contribution in [2.24, 2.45) is 5.92 Å². The maximum atomic E-state index is 12.9. The van der Waals surface area contributed by atoms with Gasteiger partial charge in [0.1, 0.15) is 0 Å². The van der Waals surface area contributed by atoms with E-state index in [0.717, 1.165) is 39.0 Å². The maximum absolute atomic E-state index is 12.9. The van der Waals surface area contributed by atoms with Crippen molar-refractivity contribution in [2.45, 2.75) is 58.0 Å². The molecule has 7 nitrogen and oxygen atoms in total. The highest BCUT2D eigenvalue weighted by atomic mass is 35.5. The molecule has 1 saturated carbocycles. The van der Waals surface area contributed by atoms with Gasteiger partial charge in [-0.2, -0.15) is 0 Å². The van der Waals surface area contributed by atoms with Crippen LogP contribution in [0.1, 0.15) is 56.3 Å². The predicted octanol–water partition coefficient (Wildman–Crippen LogP) is 4.14. The van der Waals surface area contributed by atoms with Crippen LogP contribution in [0.2, 0.25) is 5.02 Å². The van der Waals surface area contributed by atoms with Crippen LogP contribution in [0.3, 0.4) is 0 Å². The standard InChI is InChI=1S/C25H40ClN5O2/c1-18(2)23(31-14-12-29(3)13-15-31)17-27-25(33)28-19-10-11-21(22(26)16-19)24(32)30(4)20-8-6-5-7-9-20/h10-11,16,18,20,23H,5-9,12-15,17H2,1-4H3,(H2,27,28,33). The van der Waals surface area contributed by atoms with E-state index in [0.29, 0.717) is 34.8 Å². The number of carbonyl (C=O) groups is 2. The van der Waals surface area contributed by atoms with Crippen LogP contribution in [0.5, 0.6) is 0 Å². The van der Waals surface area contributed by atoms with Gasteiger partial charge in [0.05, 0.1) is 10.6 Å². The minimum Gasteiger partial charge on any atom is -0.339 e. The molecule has 1 aliphatic heterocycles. The van der Waals surface area contributed by atoms with E-state index < -0.39 is 0 Å². The van der Waals surface area contributed by atoms with Gasteiger partial charge < -0.3 is 20.4 Å². The molecule has 0 aromatic heterocycles. The zero-order chi connectivity index (χ0) is 24.0. The van der Waals surface area contributed by atoms with Crippen LogP contribution in [0.25, 0.3) is 0 Å². The van der Waals surface area contributed by atoms with Crippen molar-refractivity contribution in [1.82, 2.24) is 20.0 Å². The Kier molecular flexibility index (Phi) is 9.41. The number of nitrogens with zero attached hydrogens (tertiary/aromatic N) is 3. The Balaban J connectivity index is 1.54. The zero-order valence-corrected chi connectivity index (χ0v) is 21.3. The van der Waals surface area contributed by atoms with Gasteiger partial charge in [-0.25, -0.2) is 4.79 Å². The molecule has 1 atom stereocenters. The molecule has 1 aromatic carbocycles. The Morgan fingerprint density at radius 3 is 2.39 bits per heavy atom. The summed E-state index contributed by atoms with van der Waals surface area (Å²) < 4.78 is 0. The molecule has 8 heteroatoms. The lowest BCUT2D eigenvalue weighted by Gasteiger charge is -2.39. The average molecular weight is 478 g/mol. The molecule has 0 radical (unpaired) electrons. The number of nitrogens with one attached hydrogen (secondary N) is 2. The van der Waals surface area contributed by atoms with Crippen LogP contribution in [0.15, 0.2) is 18.2 Å². The molecule has 184 valence electrons. The number of hydrogen-bond acceptors (Lipinski definition) is 4. The van der Waals surface area contributed by atoms with Crippen molar-refractivity contribution in [3.8, 4) is 0 Å². The van der Waals surface area contributed by atoms with E-state index in [4.69, 9.17) is 11.6 Å². The highest BCUT2D eigenvalue weighted by Gasteiger charge is 2.26. The quantitative estimate of drug-likeness (QED) is 0.619. The summed E-state index contributed by atoms with van der Waals surface area (Å²) in [6.07, 6.45) is 5.67. The van der Waals surface area contributed by atoms with Crippen LogP contribution in [0, 0.1) is 5.92 Å². The topological polar surface area (TPSA) is 67.9 Å². The lowest BCUT2D eigenvalue weighted by atomic mass is 9.94. The number of carbonyl (C=O) groups excluding carboxylic acids is 2. The van der Waals surface area contributed by atoms with Gasteiger partial charge >= 0.3 is 6.03 Å². The van der Waals surface area contributed by atoms with Crippen molar-refractivity contribution >= 4 is 29.2 Å². The number of anilines is 1. The number of hydrogen-bond donors (Lipinski definition) is 2. The summed E-state index contributed by atoms with van der Waals surface area (Å²) in [7, 11) is 4.01. The lowest BCUT2D eigenvalue weighted by Crippen LogP contribution is -2.54. The minimum atomic E-state index is -0.260. The summed E-state index contributed by atoms with van der Waals surface area (Å²) in [5.41, 5.74) is 1.06. The monoisotopic (exact) mass is 477 g/mol. The maximum Gasteiger partial charge on any atom is 0.319 e. The third-order valence-electron chi connectivity index (χ3n) is 7.15. The molecular formula is C25H40ClN5O2. The van der Waals surface area contributed by atoms with Gasteiger partial charge in [0.2, 0.25) is 0 Å². The molecule has 1 aliphatic carbocycles. The second kappa shape index (κ2) is 12.0. The molecule has 3 amide bonds. The van der Waals surface area contributed by atoms with E-state index in [-0.39, 0.29) is 18.0 Å². The van der Waals surface area contributed by atoms with Gasteiger partial charge in [-0.05, 0) is 44.0 Å². The first-order valence-electron chi connectivity index (χ1n) is 12.3. The Morgan fingerprint density at radius 1 is 1.12 bits per heavy atom. The minimum absolute atomic E-state index is 0.0603. The van der Waals surface area contributed by atoms with Crippen molar-refractivity contribution < 1.29 is 9.59 Å². The van der Waals surface area contributed by atoms with Gasteiger partial charge in [-0.3, -0.25) is 9.69 Å². The number of halogens is 1. The second-order valence-corrected chi connectivity index (χ2v) is 10.3. The van der Waals surface area contributed by atoms with E-state index in [1.807, 2.05) is 11.9 Å². The number of likely N-dealkylation sites (N-methyl/N-ethyl adjacent to an activating group) is 1. The van der Waals surface area contributed by atoms with Gasteiger partial charge in [-0.15, -0.1) is 0 Å². The van der Waals surface area contributed by atoms with E-state index in [1.165, 1.54) is 19.3 Å². The Hall–Kier alpha value is -1.83. The third kappa shape index (κ3) is 7.08. The van der Waals surface area contributed by atoms with Gasteiger partial charge in [0.25, 0.3) is 5.91 Å². The number of urea groups is 1. The van der Waals surface area contributed by atoms with Gasteiger partial charge in [0.15, 0.2) is 0 Å². The fraction of sp³-hybridized carbons (Fsp3) is 0.680. The molecule has 2 N–H and O–H groups in total. The number of amides is 3. The molecule has 33 heavy (non-hydrogen) atoms. The molecule has 2 fully saturated rings. The zero-order valence-electron chi connectivity index (χ0n) is 20.6. The molecule has 2 aliphatic rings. The predicted molar refractivity (Wildman–Crippen MR) is 135 cm³/mol. The van der Waals surface area contributed by atoms with E-state index in [1.54, 1.807) is 18.2 Å². The van der Waals surface area contributed by atoms with Crippen LogP contribution >= 0.6 is 11.6 Å². The third-order valence-corrected chi connectivity index (χ3v) is 7.46. The van der Waals surface area contributed by atoms with Crippen molar-refractivity contribution in [3.05, 3.63) is 28.8 Å². The largest absolute Gasteiger partial charge is 0.339 e. The molecular weight excluding hydrogens is 438 g/mol. The van der Waals surface area contributed by atoms with Crippen LogP contribution in [-0.2, 0) is 0 Å². The Bertz CT molecular complexity index is 804. The molecule has 1 unspecified atom stereocenters. The average Bonchev–Trinajstić information content (AvgIpc) is 2.80. The van der Waals surface area contributed by atoms with E-state index >= 15 is 0 Å². The summed E-state index contributed by atoms with van der Waals surface area (Å²) in [5.74, 6) is 0.379. The van der Waals surface area contributed by atoms with Crippen LogP contribution in [0.4, 0.5) is 10.5 Å². The van der Waals surface area contributed by atoms with Crippen molar-refractivity contribution in [3.63, 3.8) is 0 Å². The van der Waals surface area contributed by atoms with Gasteiger partial charge in [0, 0.05) is 57.5 Å². The molecule has 1 heterocycles. The van der Waals surface area contributed by atoms with E-state index in [9.17, 15) is 9.59 Å². The number of rotatable bonds is 7.